The molecule has 1 aliphatic rings. The van der Waals surface area contributed by atoms with Crippen molar-refractivity contribution in [1.82, 2.24) is 0 Å². The average molecular weight is 270 g/mol. The van der Waals surface area contributed by atoms with Crippen LogP contribution < -0.4 is 10.6 Å². The van der Waals surface area contributed by atoms with Crippen LogP contribution in [0.1, 0.15) is 24.1 Å². The number of hydrogen-bond acceptors (Lipinski definition) is 2. The van der Waals surface area contributed by atoms with Crippen molar-refractivity contribution in [2.75, 3.05) is 11.4 Å². The van der Waals surface area contributed by atoms with E-state index in [2.05, 4.69) is 17.0 Å². The molecule has 20 heavy (non-hydrogen) atoms. The predicted octanol–water partition coefficient (Wildman–Crippen LogP) is 3.28. The third kappa shape index (κ3) is 2.29. The van der Waals surface area contributed by atoms with E-state index in [9.17, 15) is 4.39 Å². The van der Waals surface area contributed by atoms with Crippen molar-refractivity contribution in [2.45, 2.75) is 25.4 Å². The molecular weight excluding hydrogens is 251 g/mol. The van der Waals surface area contributed by atoms with Crippen molar-refractivity contribution in [3.05, 3.63) is 65.5 Å². The first-order valence-corrected chi connectivity index (χ1v) is 7.02. The molecule has 2 unspecified atom stereocenters. The molecule has 1 heterocycles. The van der Waals surface area contributed by atoms with E-state index in [1.165, 1.54) is 17.2 Å². The minimum Gasteiger partial charge on any atom is -0.362 e. The van der Waals surface area contributed by atoms with E-state index < -0.39 is 0 Å². The summed E-state index contributed by atoms with van der Waals surface area (Å²) in [6.45, 7) is 2.90. The quantitative estimate of drug-likeness (QED) is 0.927. The van der Waals surface area contributed by atoms with Gasteiger partial charge in [-0.25, -0.2) is 4.39 Å². The lowest BCUT2D eigenvalue weighted by Gasteiger charge is -2.33. The van der Waals surface area contributed by atoms with Gasteiger partial charge < -0.3 is 10.6 Å². The van der Waals surface area contributed by atoms with E-state index in [-0.39, 0.29) is 17.9 Å². The molecule has 2 atom stereocenters. The lowest BCUT2D eigenvalue weighted by atomic mass is 9.99. The predicted molar refractivity (Wildman–Crippen MR) is 80.3 cm³/mol. The fourth-order valence-corrected chi connectivity index (χ4v) is 3.08. The maximum atomic E-state index is 13.5. The Bertz CT molecular complexity index is 595. The molecule has 2 N–H and O–H groups in total. The van der Waals surface area contributed by atoms with Gasteiger partial charge in [0, 0.05) is 18.3 Å². The van der Waals surface area contributed by atoms with Gasteiger partial charge in [-0.1, -0.05) is 36.4 Å². The first kappa shape index (κ1) is 13.1. The first-order chi connectivity index (χ1) is 9.66. The van der Waals surface area contributed by atoms with Crippen molar-refractivity contribution in [2.24, 2.45) is 5.73 Å². The molecule has 0 fully saturated rings. The molecule has 3 rings (SSSR count). The monoisotopic (exact) mass is 270 g/mol. The van der Waals surface area contributed by atoms with Crippen LogP contribution in [0.25, 0.3) is 0 Å². The Labute approximate surface area is 119 Å². The highest BCUT2D eigenvalue weighted by atomic mass is 19.1. The largest absolute Gasteiger partial charge is 0.362 e. The summed E-state index contributed by atoms with van der Waals surface area (Å²) >= 11 is 0. The summed E-state index contributed by atoms with van der Waals surface area (Å²) in [7, 11) is 0. The van der Waals surface area contributed by atoms with Gasteiger partial charge in [0.15, 0.2) is 0 Å². The number of halogens is 1. The van der Waals surface area contributed by atoms with Crippen molar-refractivity contribution in [3.63, 3.8) is 0 Å². The molecule has 0 bridgehead atoms. The molecule has 104 valence electrons. The van der Waals surface area contributed by atoms with Crippen LogP contribution in [-0.4, -0.2) is 12.6 Å². The van der Waals surface area contributed by atoms with Gasteiger partial charge in [-0.15, -0.1) is 0 Å². The van der Waals surface area contributed by atoms with E-state index in [0.29, 0.717) is 0 Å². The van der Waals surface area contributed by atoms with Crippen molar-refractivity contribution >= 4 is 5.69 Å². The van der Waals surface area contributed by atoms with Gasteiger partial charge in [0.1, 0.15) is 5.82 Å². The lowest BCUT2D eigenvalue weighted by Crippen LogP contribution is -2.38. The fourth-order valence-electron chi connectivity index (χ4n) is 3.08. The summed E-state index contributed by atoms with van der Waals surface area (Å²) in [6.07, 6.45) is 0.950. The van der Waals surface area contributed by atoms with Crippen LogP contribution in [-0.2, 0) is 6.42 Å². The molecule has 1 aliphatic heterocycles. The summed E-state index contributed by atoms with van der Waals surface area (Å²) in [5.41, 5.74) is 9.57. The van der Waals surface area contributed by atoms with E-state index in [1.54, 1.807) is 6.07 Å². The molecule has 2 aromatic rings. The summed E-state index contributed by atoms with van der Waals surface area (Å²) < 4.78 is 13.5. The molecule has 0 spiro atoms. The SMILES string of the molecule is CC(N)C(c1ccccc1)N1CCc2ccc(F)cc21. The van der Waals surface area contributed by atoms with Gasteiger partial charge in [-0.2, -0.15) is 0 Å². The second-order valence-corrected chi connectivity index (χ2v) is 5.43. The molecule has 0 radical (unpaired) electrons. The second-order valence-electron chi connectivity index (χ2n) is 5.43. The number of fused-ring (bicyclic) bond motifs is 1. The summed E-state index contributed by atoms with van der Waals surface area (Å²) in [5, 5.41) is 0. The van der Waals surface area contributed by atoms with E-state index in [4.69, 9.17) is 5.73 Å². The molecule has 0 saturated heterocycles. The zero-order chi connectivity index (χ0) is 14.1. The Morgan fingerprint density at radius 3 is 2.60 bits per heavy atom. The third-order valence-corrected chi connectivity index (χ3v) is 3.95. The first-order valence-electron chi connectivity index (χ1n) is 7.02. The second kappa shape index (κ2) is 5.25. The number of rotatable bonds is 3. The topological polar surface area (TPSA) is 29.3 Å². The Balaban J connectivity index is 2.01. The molecule has 0 aromatic heterocycles. The smallest absolute Gasteiger partial charge is 0.125 e. The zero-order valence-corrected chi connectivity index (χ0v) is 11.6. The molecule has 0 amide bonds. The van der Waals surface area contributed by atoms with Crippen LogP contribution in [0.5, 0.6) is 0 Å². The number of nitrogens with zero attached hydrogens (tertiary/aromatic N) is 1. The highest BCUT2D eigenvalue weighted by Crippen LogP contribution is 2.36. The molecular formula is C17H19FN2. The normalized spacial score (nSPS) is 16.9. The Hall–Kier alpha value is -1.87. The minimum atomic E-state index is -0.188. The minimum absolute atomic E-state index is 0.0217. The third-order valence-electron chi connectivity index (χ3n) is 3.95. The van der Waals surface area contributed by atoms with Gasteiger partial charge in [0.25, 0.3) is 0 Å². The zero-order valence-electron chi connectivity index (χ0n) is 11.6. The molecule has 2 aromatic carbocycles. The summed E-state index contributed by atoms with van der Waals surface area (Å²) in [6, 6.07) is 15.3. The van der Waals surface area contributed by atoms with Crippen LogP contribution >= 0.6 is 0 Å². The van der Waals surface area contributed by atoms with Gasteiger partial charge >= 0.3 is 0 Å². The fraction of sp³-hybridized carbons (Fsp3) is 0.294. The van der Waals surface area contributed by atoms with E-state index in [0.717, 1.165) is 18.7 Å². The maximum absolute atomic E-state index is 13.5. The number of nitrogens with two attached hydrogens (primary N) is 1. The lowest BCUT2D eigenvalue weighted by molar-refractivity contribution is 0.540. The summed E-state index contributed by atoms with van der Waals surface area (Å²) in [4.78, 5) is 2.23. The van der Waals surface area contributed by atoms with Gasteiger partial charge in [-0.3, -0.25) is 0 Å². The number of benzene rings is 2. The van der Waals surface area contributed by atoms with Crippen LogP contribution in [0, 0.1) is 5.82 Å². The van der Waals surface area contributed by atoms with Gasteiger partial charge in [0.05, 0.1) is 6.04 Å². The summed E-state index contributed by atoms with van der Waals surface area (Å²) in [5.74, 6) is -0.188. The molecule has 3 heteroatoms. The molecule has 0 aliphatic carbocycles. The Kier molecular flexibility index (Phi) is 3.45. The average Bonchev–Trinajstić information content (AvgIpc) is 2.83. The number of anilines is 1. The maximum Gasteiger partial charge on any atom is 0.125 e. The Morgan fingerprint density at radius 1 is 1.15 bits per heavy atom. The van der Waals surface area contributed by atoms with Gasteiger partial charge in [-0.05, 0) is 36.6 Å². The standard InChI is InChI=1S/C17H19FN2/c1-12(19)17(14-5-3-2-4-6-14)20-10-9-13-7-8-15(18)11-16(13)20/h2-8,11-12,17H,9-10,19H2,1H3. The Morgan fingerprint density at radius 2 is 1.90 bits per heavy atom. The van der Waals surface area contributed by atoms with Crippen molar-refractivity contribution < 1.29 is 4.39 Å². The highest BCUT2D eigenvalue weighted by Gasteiger charge is 2.29. The van der Waals surface area contributed by atoms with E-state index in [1.807, 2.05) is 31.2 Å². The van der Waals surface area contributed by atoms with E-state index >= 15 is 0 Å². The van der Waals surface area contributed by atoms with Crippen LogP contribution in [0.3, 0.4) is 0 Å². The number of hydrogen-bond donors (Lipinski definition) is 1. The molecule has 2 nitrogen and oxygen atoms in total. The molecule has 0 saturated carbocycles. The van der Waals surface area contributed by atoms with Crippen LogP contribution in [0.4, 0.5) is 10.1 Å². The van der Waals surface area contributed by atoms with Crippen molar-refractivity contribution in [3.8, 4) is 0 Å². The van der Waals surface area contributed by atoms with Crippen LogP contribution in [0.2, 0.25) is 0 Å². The van der Waals surface area contributed by atoms with Crippen molar-refractivity contribution in [1.29, 1.82) is 0 Å². The van der Waals surface area contributed by atoms with Gasteiger partial charge in [0.2, 0.25) is 0 Å². The highest BCUT2D eigenvalue weighted by molar-refractivity contribution is 5.60. The van der Waals surface area contributed by atoms with Crippen LogP contribution in [0.15, 0.2) is 48.5 Å².